The maximum Gasteiger partial charge on any atom is 0.323 e. The highest BCUT2D eigenvalue weighted by molar-refractivity contribution is 5.77. The van der Waals surface area contributed by atoms with Gasteiger partial charge < -0.3 is 9.26 Å². The van der Waals surface area contributed by atoms with E-state index in [-0.39, 0.29) is 12.0 Å². The van der Waals surface area contributed by atoms with Gasteiger partial charge in [-0.1, -0.05) is 12.1 Å². The first-order valence-electron chi connectivity index (χ1n) is 7.59. The van der Waals surface area contributed by atoms with Gasteiger partial charge in [0.25, 0.3) is 0 Å². The number of likely N-dealkylation sites (N-methyl/N-ethyl adjacent to an activating group) is 1. The van der Waals surface area contributed by atoms with Crippen molar-refractivity contribution < 1.29 is 14.1 Å². The third-order valence-electron chi connectivity index (χ3n) is 4.37. The van der Waals surface area contributed by atoms with Crippen molar-refractivity contribution in [1.82, 2.24) is 19.9 Å². The minimum absolute atomic E-state index is 0.0414. The van der Waals surface area contributed by atoms with Crippen LogP contribution in [0.4, 0.5) is 0 Å². The van der Waals surface area contributed by atoms with Gasteiger partial charge in [0.15, 0.2) is 5.82 Å². The van der Waals surface area contributed by atoms with Gasteiger partial charge in [0.2, 0.25) is 5.89 Å². The summed E-state index contributed by atoms with van der Waals surface area (Å²) in [5, 5.41) is 3.99. The van der Waals surface area contributed by atoms with Crippen molar-refractivity contribution in [3.05, 3.63) is 11.7 Å². The fourth-order valence-electron chi connectivity index (χ4n) is 3.08. The third-order valence-corrected chi connectivity index (χ3v) is 4.37. The summed E-state index contributed by atoms with van der Waals surface area (Å²) in [6, 6.07) is 0.377. The smallest absolute Gasteiger partial charge is 0.323 e. The summed E-state index contributed by atoms with van der Waals surface area (Å²) in [7, 11) is 2.07. The maximum absolute atomic E-state index is 11.7. The van der Waals surface area contributed by atoms with E-state index in [9.17, 15) is 4.79 Å². The van der Waals surface area contributed by atoms with Gasteiger partial charge in [0, 0.05) is 32.0 Å². The Bertz CT molecular complexity index is 504. The van der Waals surface area contributed by atoms with Gasteiger partial charge in [-0.3, -0.25) is 14.6 Å². The Hall–Kier alpha value is -1.47. The zero-order chi connectivity index (χ0) is 14.8. The van der Waals surface area contributed by atoms with Crippen LogP contribution in [-0.4, -0.2) is 64.7 Å². The molecule has 0 radical (unpaired) electrons. The van der Waals surface area contributed by atoms with Crippen molar-refractivity contribution in [3.8, 4) is 0 Å². The van der Waals surface area contributed by atoms with Crippen LogP contribution in [0.25, 0.3) is 0 Å². The molecular weight excluding hydrogens is 272 g/mol. The Morgan fingerprint density at radius 1 is 1.43 bits per heavy atom. The normalized spacial score (nSPS) is 26.7. The first-order valence-corrected chi connectivity index (χ1v) is 7.59. The number of cyclic esters (lactones) is 1. The van der Waals surface area contributed by atoms with E-state index in [1.54, 1.807) is 0 Å². The second-order valence-corrected chi connectivity index (χ2v) is 5.78. The van der Waals surface area contributed by atoms with Crippen molar-refractivity contribution in [2.24, 2.45) is 0 Å². The van der Waals surface area contributed by atoms with Crippen LogP contribution in [0.3, 0.4) is 0 Å². The SMILES string of the molecule is CCc1nc(CN(C)[C@@H]2CCN([C@@H]3CCOC3=O)C2)no1. The van der Waals surface area contributed by atoms with Crippen LogP contribution in [0.15, 0.2) is 4.52 Å². The maximum atomic E-state index is 11.7. The summed E-state index contributed by atoms with van der Waals surface area (Å²) in [6.45, 7) is 5.08. The number of carbonyl (C=O) groups excluding carboxylic acids is 1. The van der Waals surface area contributed by atoms with Gasteiger partial charge in [-0.15, -0.1) is 0 Å². The number of carbonyl (C=O) groups is 1. The summed E-state index contributed by atoms with van der Waals surface area (Å²) < 4.78 is 10.2. The Kier molecular flexibility index (Phi) is 4.21. The molecule has 21 heavy (non-hydrogen) atoms. The van der Waals surface area contributed by atoms with E-state index >= 15 is 0 Å². The van der Waals surface area contributed by atoms with Crippen molar-refractivity contribution >= 4 is 5.97 Å². The van der Waals surface area contributed by atoms with Crippen molar-refractivity contribution in [3.63, 3.8) is 0 Å². The molecule has 0 N–H and O–H groups in total. The highest BCUT2D eigenvalue weighted by Crippen LogP contribution is 2.22. The molecule has 0 aromatic carbocycles. The van der Waals surface area contributed by atoms with E-state index in [4.69, 9.17) is 9.26 Å². The first-order chi connectivity index (χ1) is 10.2. The van der Waals surface area contributed by atoms with E-state index in [0.717, 1.165) is 38.2 Å². The van der Waals surface area contributed by atoms with Crippen LogP contribution in [0, 0.1) is 0 Å². The topological polar surface area (TPSA) is 71.7 Å². The fourth-order valence-corrected chi connectivity index (χ4v) is 3.08. The van der Waals surface area contributed by atoms with Crippen molar-refractivity contribution in [2.75, 3.05) is 26.7 Å². The fraction of sp³-hybridized carbons (Fsp3) is 0.786. The lowest BCUT2D eigenvalue weighted by molar-refractivity contribution is -0.142. The number of aromatic nitrogens is 2. The lowest BCUT2D eigenvalue weighted by atomic mass is 10.2. The molecule has 0 bridgehead atoms. The zero-order valence-electron chi connectivity index (χ0n) is 12.6. The van der Waals surface area contributed by atoms with Gasteiger partial charge in [-0.2, -0.15) is 4.98 Å². The molecule has 1 aromatic rings. The Labute approximate surface area is 124 Å². The number of rotatable bonds is 5. The van der Waals surface area contributed by atoms with E-state index < -0.39 is 0 Å². The molecule has 3 rings (SSSR count). The number of hydrogen-bond donors (Lipinski definition) is 0. The molecule has 116 valence electrons. The molecule has 1 aromatic heterocycles. The summed E-state index contributed by atoms with van der Waals surface area (Å²) in [6.07, 6.45) is 2.64. The molecule has 7 heteroatoms. The number of likely N-dealkylation sites (tertiary alicyclic amines) is 1. The average molecular weight is 294 g/mol. The molecule has 2 fully saturated rings. The molecular formula is C14H22N4O3. The molecule has 2 atom stereocenters. The van der Waals surface area contributed by atoms with Crippen LogP contribution in [0.5, 0.6) is 0 Å². The first kappa shape index (κ1) is 14.5. The molecule has 2 aliphatic rings. The predicted molar refractivity (Wildman–Crippen MR) is 74.5 cm³/mol. The second kappa shape index (κ2) is 6.11. The highest BCUT2D eigenvalue weighted by atomic mass is 16.5. The van der Waals surface area contributed by atoms with Crippen LogP contribution >= 0.6 is 0 Å². The van der Waals surface area contributed by atoms with Gasteiger partial charge in [0.1, 0.15) is 6.04 Å². The minimum atomic E-state index is -0.0657. The summed E-state index contributed by atoms with van der Waals surface area (Å²) >= 11 is 0. The summed E-state index contributed by atoms with van der Waals surface area (Å²) in [4.78, 5) is 20.5. The van der Waals surface area contributed by atoms with Crippen LogP contribution in [-0.2, 0) is 22.5 Å². The third kappa shape index (κ3) is 3.08. The highest BCUT2D eigenvalue weighted by Gasteiger charge is 2.37. The Morgan fingerprint density at radius 2 is 2.29 bits per heavy atom. The van der Waals surface area contributed by atoms with E-state index in [0.29, 0.717) is 25.1 Å². The largest absolute Gasteiger partial charge is 0.464 e. The van der Waals surface area contributed by atoms with Crippen LogP contribution in [0.2, 0.25) is 0 Å². The van der Waals surface area contributed by atoms with Crippen molar-refractivity contribution in [2.45, 2.75) is 44.8 Å². The zero-order valence-corrected chi connectivity index (χ0v) is 12.6. The van der Waals surface area contributed by atoms with E-state index in [2.05, 4.69) is 27.0 Å². The van der Waals surface area contributed by atoms with E-state index in [1.165, 1.54) is 0 Å². The quantitative estimate of drug-likeness (QED) is 0.730. The monoisotopic (exact) mass is 294 g/mol. The number of hydrogen-bond acceptors (Lipinski definition) is 7. The lowest BCUT2D eigenvalue weighted by Gasteiger charge is -2.24. The van der Waals surface area contributed by atoms with E-state index in [1.807, 2.05) is 6.92 Å². The van der Waals surface area contributed by atoms with Gasteiger partial charge in [-0.25, -0.2) is 0 Å². The molecule has 0 aliphatic carbocycles. The van der Waals surface area contributed by atoms with Crippen molar-refractivity contribution in [1.29, 1.82) is 0 Å². The number of aryl methyl sites for hydroxylation is 1. The Morgan fingerprint density at radius 3 is 2.95 bits per heavy atom. The summed E-state index contributed by atoms with van der Waals surface area (Å²) in [5.74, 6) is 1.34. The standard InChI is InChI=1S/C14H22N4O3/c1-3-13-15-12(16-21-13)9-17(2)10-4-6-18(8-10)11-5-7-20-14(11)19/h10-11H,3-9H2,1-2H3/t10-,11-/m1/s1. The molecule has 0 saturated carbocycles. The summed E-state index contributed by atoms with van der Waals surface area (Å²) in [5.41, 5.74) is 0. The second-order valence-electron chi connectivity index (χ2n) is 5.78. The molecule has 0 amide bonds. The number of nitrogens with zero attached hydrogens (tertiary/aromatic N) is 4. The van der Waals surface area contributed by atoms with Crippen LogP contribution < -0.4 is 0 Å². The molecule has 0 spiro atoms. The number of esters is 1. The molecule has 0 unspecified atom stereocenters. The minimum Gasteiger partial charge on any atom is -0.464 e. The predicted octanol–water partition coefficient (Wildman–Crippen LogP) is 0.454. The van der Waals surface area contributed by atoms with Crippen LogP contribution in [0.1, 0.15) is 31.5 Å². The molecule has 2 aliphatic heterocycles. The molecule has 2 saturated heterocycles. The number of ether oxygens (including phenoxy) is 1. The molecule has 3 heterocycles. The van der Waals surface area contributed by atoms with Gasteiger partial charge in [0.05, 0.1) is 13.2 Å². The Balaban J connectivity index is 1.54. The lowest BCUT2D eigenvalue weighted by Crippen LogP contribution is -2.40. The van der Waals surface area contributed by atoms with Gasteiger partial charge in [-0.05, 0) is 13.5 Å². The average Bonchev–Trinajstić information content (AvgIpc) is 3.17. The van der Waals surface area contributed by atoms with Gasteiger partial charge >= 0.3 is 5.97 Å². The molecule has 7 nitrogen and oxygen atoms in total.